The third-order valence-electron chi connectivity index (χ3n) is 6.26. The van der Waals surface area contributed by atoms with Crippen LogP contribution in [0.1, 0.15) is 36.1 Å². The topological polar surface area (TPSA) is 93.9 Å². The largest absolute Gasteiger partial charge is 0.493 e. The number of benzene rings is 3. The maximum absolute atomic E-state index is 13.8. The van der Waals surface area contributed by atoms with E-state index in [-0.39, 0.29) is 30.1 Å². The second-order valence-corrected chi connectivity index (χ2v) is 8.70. The summed E-state index contributed by atoms with van der Waals surface area (Å²) in [6.07, 6.45) is 0.769. The van der Waals surface area contributed by atoms with Gasteiger partial charge in [0, 0.05) is 42.0 Å². The highest BCUT2D eigenvalue weighted by molar-refractivity contribution is 5.80. The molecule has 1 N–H and O–H groups in total. The minimum absolute atomic E-state index is 0.0254. The van der Waals surface area contributed by atoms with E-state index in [4.69, 9.17) is 9.47 Å². The van der Waals surface area contributed by atoms with Gasteiger partial charge in [-0.2, -0.15) is 0 Å². The third-order valence-corrected chi connectivity index (χ3v) is 6.26. The van der Waals surface area contributed by atoms with Crippen molar-refractivity contribution in [3.63, 3.8) is 0 Å². The van der Waals surface area contributed by atoms with Gasteiger partial charge in [-0.05, 0) is 30.5 Å². The van der Waals surface area contributed by atoms with Crippen molar-refractivity contribution in [2.45, 2.75) is 38.4 Å². The molecular weight excluding hydrogens is 446 g/mol. The fraction of sp³-hybridized carbons (Fsp3) is 0.296. The highest BCUT2D eigenvalue weighted by atomic mass is 16.6. The van der Waals surface area contributed by atoms with Crippen LogP contribution in [-0.4, -0.2) is 36.0 Å². The van der Waals surface area contributed by atoms with Crippen LogP contribution in [0.4, 0.5) is 11.4 Å². The number of fused-ring (bicyclic) bond motifs is 1. The number of nitro groups is 1. The van der Waals surface area contributed by atoms with E-state index < -0.39 is 4.92 Å². The van der Waals surface area contributed by atoms with Gasteiger partial charge in [-0.1, -0.05) is 42.5 Å². The average molecular weight is 476 g/mol. The molecule has 0 spiro atoms. The zero-order chi connectivity index (χ0) is 24.9. The van der Waals surface area contributed by atoms with Crippen LogP contribution in [-0.2, 0) is 17.8 Å². The average Bonchev–Trinajstić information content (AvgIpc) is 2.86. The lowest BCUT2D eigenvalue weighted by atomic mass is 9.91. The summed E-state index contributed by atoms with van der Waals surface area (Å²) < 4.78 is 11.0. The number of nitrogens with one attached hydrogen (secondary N) is 1. The number of rotatable bonds is 8. The molecule has 2 atom stereocenters. The van der Waals surface area contributed by atoms with Crippen molar-refractivity contribution in [1.29, 1.82) is 0 Å². The van der Waals surface area contributed by atoms with E-state index in [1.165, 1.54) is 12.1 Å². The van der Waals surface area contributed by atoms with Gasteiger partial charge >= 0.3 is 0 Å². The molecule has 0 aromatic heterocycles. The zero-order valence-corrected chi connectivity index (χ0v) is 20.1. The molecule has 0 radical (unpaired) electrons. The number of hydrogen-bond acceptors (Lipinski definition) is 6. The van der Waals surface area contributed by atoms with Gasteiger partial charge in [0.2, 0.25) is 5.91 Å². The van der Waals surface area contributed by atoms with E-state index in [2.05, 4.69) is 12.2 Å². The van der Waals surface area contributed by atoms with Crippen LogP contribution in [0.2, 0.25) is 0 Å². The number of non-ortho nitro benzene ring substituents is 1. The van der Waals surface area contributed by atoms with Gasteiger partial charge in [0.25, 0.3) is 5.69 Å². The van der Waals surface area contributed by atoms with E-state index in [0.29, 0.717) is 30.0 Å². The Kier molecular flexibility index (Phi) is 7.19. The molecular formula is C27H29N3O5. The van der Waals surface area contributed by atoms with Gasteiger partial charge < -0.3 is 19.7 Å². The van der Waals surface area contributed by atoms with Crippen LogP contribution in [0.5, 0.6) is 11.5 Å². The predicted octanol–water partition coefficient (Wildman–Crippen LogP) is 5.13. The molecule has 3 aromatic carbocycles. The summed E-state index contributed by atoms with van der Waals surface area (Å²) in [6, 6.07) is 19.8. The number of nitro benzene ring substituents is 1. The lowest BCUT2D eigenvalue weighted by Crippen LogP contribution is -2.40. The molecule has 0 bridgehead atoms. The van der Waals surface area contributed by atoms with Crippen molar-refractivity contribution < 1.29 is 19.2 Å². The van der Waals surface area contributed by atoms with Gasteiger partial charge in [-0.3, -0.25) is 14.9 Å². The van der Waals surface area contributed by atoms with Crippen molar-refractivity contribution in [2.75, 3.05) is 19.5 Å². The van der Waals surface area contributed by atoms with E-state index in [1.807, 2.05) is 47.4 Å². The molecule has 1 amide bonds. The lowest BCUT2D eigenvalue weighted by molar-refractivity contribution is -0.384. The normalized spacial score (nSPS) is 16.5. The lowest BCUT2D eigenvalue weighted by Gasteiger charge is -2.39. The first kappa shape index (κ1) is 24.1. The SMILES string of the molecule is COc1cc2c(cc1OC)[C@H](N(Cc1ccccc1)C(=O)Cc1cccc([N+](=O)[O-])c1)C[C@H](C)N2. The Morgan fingerprint density at radius 2 is 1.71 bits per heavy atom. The molecule has 8 nitrogen and oxygen atoms in total. The summed E-state index contributed by atoms with van der Waals surface area (Å²) >= 11 is 0. The molecule has 0 saturated carbocycles. The molecule has 0 aliphatic carbocycles. The van der Waals surface area contributed by atoms with E-state index in [9.17, 15) is 14.9 Å². The summed E-state index contributed by atoms with van der Waals surface area (Å²) in [5, 5.41) is 14.7. The van der Waals surface area contributed by atoms with Crippen molar-refractivity contribution in [2.24, 2.45) is 0 Å². The summed E-state index contributed by atoms with van der Waals surface area (Å²) in [7, 11) is 3.19. The van der Waals surface area contributed by atoms with Gasteiger partial charge in [0.15, 0.2) is 11.5 Å². The van der Waals surface area contributed by atoms with E-state index >= 15 is 0 Å². The molecule has 0 saturated heterocycles. The Morgan fingerprint density at radius 3 is 2.40 bits per heavy atom. The second-order valence-electron chi connectivity index (χ2n) is 8.70. The van der Waals surface area contributed by atoms with Crippen LogP contribution < -0.4 is 14.8 Å². The maximum Gasteiger partial charge on any atom is 0.269 e. The minimum Gasteiger partial charge on any atom is -0.493 e. The number of anilines is 1. The zero-order valence-electron chi connectivity index (χ0n) is 20.1. The van der Waals surface area contributed by atoms with Gasteiger partial charge in [0.05, 0.1) is 31.6 Å². The van der Waals surface area contributed by atoms with Crippen LogP contribution in [0.3, 0.4) is 0 Å². The fourth-order valence-electron chi connectivity index (χ4n) is 4.59. The number of nitrogens with zero attached hydrogens (tertiary/aromatic N) is 2. The first-order valence-corrected chi connectivity index (χ1v) is 11.5. The van der Waals surface area contributed by atoms with Crippen LogP contribution in [0, 0.1) is 10.1 Å². The van der Waals surface area contributed by atoms with Gasteiger partial charge in [0.1, 0.15) is 0 Å². The molecule has 1 aliphatic rings. The Bertz CT molecular complexity index is 1210. The molecule has 1 aliphatic heterocycles. The first-order valence-electron chi connectivity index (χ1n) is 11.5. The van der Waals surface area contributed by atoms with E-state index in [1.54, 1.807) is 26.4 Å². The van der Waals surface area contributed by atoms with Crippen molar-refractivity contribution in [1.82, 2.24) is 4.90 Å². The summed E-state index contributed by atoms with van der Waals surface area (Å²) in [6.45, 7) is 2.50. The van der Waals surface area contributed by atoms with Crippen molar-refractivity contribution >= 4 is 17.3 Å². The summed E-state index contributed by atoms with van der Waals surface area (Å²) in [5.41, 5.74) is 3.43. The number of methoxy groups -OCH3 is 2. The Morgan fingerprint density at radius 1 is 1.03 bits per heavy atom. The maximum atomic E-state index is 13.8. The van der Waals surface area contributed by atoms with Crippen LogP contribution in [0.25, 0.3) is 0 Å². The first-order chi connectivity index (χ1) is 16.9. The molecule has 182 valence electrons. The van der Waals surface area contributed by atoms with Crippen molar-refractivity contribution in [3.05, 3.63) is 93.5 Å². The highest BCUT2D eigenvalue weighted by Crippen LogP contribution is 2.43. The second kappa shape index (κ2) is 10.5. The molecule has 35 heavy (non-hydrogen) atoms. The Balaban J connectivity index is 1.73. The predicted molar refractivity (Wildman–Crippen MR) is 134 cm³/mol. The molecule has 4 rings (SSSR count). The monoisotopic (exact) mass is 475 g/mol. The number of hydrogen-bond donors (Lipinski definition) is 1. The molecule has 3 aromatic rings. The number of ether oxygens (including phenoxy) is 2. The molecule has 8 heteroatoms. The smallest absolute Gasteiger partial charge is 0.269 e. The molecule has 0 unspecified atom stereocenters. The minimum atomic E-state index is -0.444. The number of carbonyl (C=O) groups excluding carboxylic acids is 1. The Hall–Kier alpha value is -4.07. The third kappa shape index (κ3) is 5.37. The molecule has 1 heterocycles. The quantitative estimate of drug-likeness (QED) is 0.359. The van der Waals surface area contributed by atoms with Crippen LogP contribution >= 0.6 is 0 Å². The number of amides is 1. The summed E-state index contributed by atoms with van der Waals surface area (Å²) in [4.78, 5) is 26.4. The highest BCUT2D eigenvalue weighted by Gasteiger charge is 2.33. The standard InChI is InChI=1S/C27H29N3O5/c1-18-12-24(22-15-25(34-2)26(35-3)16-23(22)28-18)29(17-19-8-5-4-6-9-19)27(31)14-20-10-7-11-21(13-20)30(32)33/h4-11,13,15-16,18,24,28H,12,14,17H2,1-3H3/t18-,24+/m0/s1. The summed E-state index contributed by atoms with van der Waals surface area (Å²) in [5.74, 6) is 1.11. The number of carbonyl (C=O) groups is 1. The van der Waals surface area contributed by atoms with Gasteiger partial charge in [-0.15, -0.1) is 0 Å². The van der Waals surface area contributed by atoms with Crippen LogP contribution in [0.15, 0.2) is 66.7 Å². The van der Waals surface area contributed by atoms with Crippen molar-refractivity contribution in [3.8, 4) is 11.5 Å². The van der Waals surface area contributed by atoms with Gasteiger partial charge in [-0.25, -0.2) is 0 Å². The molecule has 0 fully saturated rings. The fourth-order valence-corrected chi connectivity index (χ4v) is 4.59. The Labute approximate surface area is 204 Å². The van der Waals surface area contributed by atoms with E-state index in [0.717, 1.165) is 16.8 Å².